The van der Waals surface area contributed by atoms with E-state index < -0.39 is 33.9 Å². The van der Waals surface area contributed by atoms with Gasteiger partial charge >= 0.3 is 0 Å². The number of hydrogen-bond acceptors (Lipinski definition) is 4. The topological polar surface area (TPSA) is 75.7 Å². The van der Waals surface area contributed by atoms with Gasteiger partial charge in [-0.3, -0.25) is 9.10 Å². The molecule has 0 aromatic heterocycles. The summed E-state index contributed by atoms with van der Waals surface area (Å²) in [6.07, 6.45) is 1.50. The van der Waals surface area contributed by atoms with Crippen LogP contribution >= 0.6 is 11.6 Å². The molecule has 0 radical (unpaired) electrons. The summed E-state index contributed by atoms with van der Waals surface area (Å²) in [5, 5.41) is 2.67. The van der Waals surface area contributed by atoms with Crippen LogP contribution in [0.15, 0.2) is 42.5 Å². The van der Waals surface area contributed by atoms with E-state index >= 15 is 0 Å². The van der Waals surface area contributed by atoms with Gasteiger partial charge in [-0.15, -0.1) is 0 Å². The summed E-state index contributed by atoms with van der Waals surface area (Å²) in [5.74, 6) is -0.484. The fraction of sp³-hybridized carbons (Fsp3) is 0.350. The lowest BCUT2D eigenvalue weighted by molar-refractivity contribution is -0.120. The maximum Gasteiger partial charge on any atom is 0.241 e. The van der Waals surface area contributed by atoms with E-state index in [2.05, 4.69) is 5.32 Å². The monoisotopic (exact) mass is 440 g/mol. The highest BCUT2D eigenvalue weighted by molar-refractivity contribution is 7.92. The Morgan fingerprint density at radius 2 is 2.00 bits per heavy atom. The van der Waals surface area contributed by atoms with Crippen LogP contribution in [-0.2, 0) is 14.8 Å². The van der Waals surface area contributed by atoms with Crippen LogP contribution in [0.25, 0.3) is 0 Å². The number of rotatable bonds is 5. The van der Waals surface area contributed by atoms with Gasteiger partial charge in [0.25, 0.3) is 0 Å². The van der Waals surface area contributed by atoms with Gasteiger partial charge in [-0.05, 0) is 38.1 Å². The summed E-state index contributed by atoms with van der Waals surface area (Å²) in [6, 6.07) is 10.6. The van der Waals surface area contributed by atoms with E-state index in [1.54, 1.807) is 0 Å². The minimum atomic E-state index is -3.80. The van der Waals surface area contributed by atoms with Crippen molar-refractivity contribution in [1.29, 1.82) is 0 Å². The summed E-state index contributed by atoms with van der Waals surface area (Å²) in [7, 11) is -3.80. The third-order valence-corrected chi connectivity index (χ3v) is 6.02. The molecule has 0 saturated carbocycles. The molecule has 1 aliphatic heterocycles. The first-order valence-electron chi connectivity index (χ1n) is 8.96. The van der Waals surface area contributed by atoms with E-state index in [0.717, 1.165) is 22.2 Å². The van der Waals surface area contributed by atoms with Crippen LogP contribution in [0.4, 0.5) is 10.1 Å². The average molecular weight is 441 g/mol. The first kappa shape index (κ1) is 21.4. The number of para-hydroxylation sites is 1. The molecule has 0 aliphatic carbocycles. The minimum absolute atomic E-state index is 0.113. The van der Waals surface area contributed by atoms with Crippen molar-refractivity contribution in [2.24, 2.45) is 0 Å². The molecule has 1 atom stereocenters. The first-order chi connectivity index (χ1) is 13.5. The van der Waals surface area contributed by atoms with Gasteiger partial charge in [0, 0.05) is 12.0 Å². The number of carbonyl (C=O) groups excluding carboxylic acids is 1. The van der Waals surface area contributed by atoms with Crippen LogP contribution < -0.4 is 14.4 Å². The van der Waals surface area contributed by atoms with Crippen LogP contribution in [0.1, 0.15) is 31.9 Å². The number of halogens is 2. The Morgan fingerprint density at radius 1 is 1.31 bits per heavy atom. The van der Waals surface area contributed by atoms with Crippen LogP contribution in [0.5, 0.6) is 5.75 Å². The van der Waals surface area contributed by atoms with Crippen molar-refractivity contribution in [1.82, 2.24) is 5.32 Å². The lowest BCUT2D eigenvalue weighted by Gasteiger charge is -2.38. The summed E-state index contributed by atoms with van der Waals surface area (Å²) in [5.41, 5.74) is 0.450. The lowest BCUT2D eigenvalue weighted by Crippen LogP contribution is -2.45. The second kappa shape index (κ2) is 7.84. The van der Waals surface area contributed by atoms with Crippen molar-refractivity contribution in [3.63, 3.8) is 0 Å². The normalized spacial score (nSPS) is 17.8. The number of carbonyl (C=O) groups is 1. The molecule has 9 heteroatoms. The number of nitrogens with zero attached hydrogens (tertiary/aromatic N) is 1. The van der Waals surface area contributed by atoms with Gasteiger partial charge in [0.1, 0.15) is 23.7 Å². The van der Waals surface area contributed by atoms with Gasteiger partial charge in [0.2, 0.25) is 15.9 Å². The van der Waals surface area contributed by atoms with Crippen LogP contribution in [0.3, 0.4) is 0 Å². The number of sulfonamides is 1. The van der Waals surface area contributed by atoms with E-state index in [1.807, 2.05) is 38.1 Å². The number of anilines is 1. The Labute approximate surface area is 174 Å². The molecule has 1 N–H and O–H groups in total. The molecule has 0 bridgehead atoms. The van der Waals surface area contributed by atoms with Crippen molar-refractivity contribution in [3.05, 3.63) is 58.9 Å². The summed E-state index contributed by atoms with van der Waals surface area (Å²) < 4.78 is 44.8. The Morgan fingerprint density at radius 3 is 2.66 bits per heavy atom. The first-order valence-corrected chi connectivity index (χ1v) is 11.2. The van der Waals surface area contributed by atoms with Crippen molar-refractivity contribution in [2.45, 2.75) is 31.9 Å². The van der Waals surface area contributed by atoms with Gasteiger partial charge in [-0.1, -0.05) is 29.8 Å². The summed E-state index contributed by atoms with van der Waals surface area (Å²) in [6.45, 7) is 3.39. The van der Waals surface area contributed by atoms with Crippen molar-refractivity contribution < 1.29 is 22.3 Å². The van der Waals surface area contributed by atoms with Gasteiger partial charge < -0.3 is 10.1 Å². The molecule has 0 unspecified atom stereocenters. The molecule has 3 rings (SSSR count). The average Bonchev–Trinajstić information content (AvgIpc) is 2.60. The molecule has 2 aromatic rings. The minimum Gasteiger partial charge on any atom is -0.487 e. The van der Waals surface area contributed by atoms with Crippen molar-refractivity contribution in [2.75, 3.05) is 17.1 Å². The molecular formula is C20H22ClFN2O4S. The maximum atomic E-state index is 13.5. The van der Waals surface area contributed by atoms with Crippen molar-refractivity contribution >= 4 is 33.2 Å². The second-order valence-electron chi connectivity index (χ2n) is 7.59. The van der Waals surface area contributed by atoms with Crippen molar-refractivity contribution in [3.8, 4) is 5.75 Å². The van der Waals surface area contributed by atoms with E-state index in [4.69, 9.17) is 16.3 Å². The third-order valence-electron chi connectivity index (χ3n) is 4.59. The second-order valence-corrected chi connectivity index (χ2v) is 9.91. The van der Waals surface area contributed by atoms with Crippen LogP contribution in [-0.4, -0.2) is 32.7 Å². The molecular weight excluding hydrogens is 419 g/mol. The molecule has 1 amide bonds. The van der Waals surface area contributed by atoms with Gasteiger partial charge in [0.05, 0.1) is 23.0 Å². The van der Waals surface area contributed by atoms with Gasteiger partial charge in [-0.25, -0.2) is 12.8 Å². The standard InChI is InChI=1S/C20H22ClFN2O4S/c1-20(2)11-17(14-6-4-5-7-18(14)28-20)23-19(25)12-24(29(3,26)27)13-8-9-16(22)15(21)10-13/h4-10,17H,11-12H2,1-3H3,(H,23,25)/t17-/m0/s1. The Kier molecular flexibility index (Phi) is 5.78. The fourth-order valence-corrected chi connectivity index (χ4v) is 4.36. The molecule has 1 aliphatic rings. The molecule has 6 nitrogen and oxygen atoms in total. The summed E-state index contributed by atoms with van der Waals surface area (Å²) in [4.78, 5) is 12.7. The van der Waals surface area contributed by atoms with E-state index in [9.17, 15) is 17.6 Å². The molecule has 0 fully saturated rings. The summed E-state index contributed by atoms with van der Waals surface area (Å²) >= 11 is 5.78. The van der Waals surface area contributed by atoms with E-state index in [-0.39, 0.29) is 16.8 Å². The number of benzene rings is 2. The number of fused-ring (bicyclic) bond motifs is 1. The predicted octanol–water partition coefficient (Wildman–Crippen LogP) is 3.66. The Balaban J connectivity index is 1.83. The molecule has 29 heavy (non-hydrogen) atoms. The highest BCUT2D eigenvalue weighted by Gasteiger charge is 2.35. The Bertz CT molecular complexity index is 1040. The van der Waals surface area contributed by atoms with Crippen LogP contribution in [0, 0.1) is 5.82 Å². The molecule has 0 saturated heterocycles. The SMILES string of the molecule is CC1(C)C[C@H](NC(=O)CN(c2ccc(F)c(Cl)c2)S(C)(=O)=O)c2ccccc2O1. The van der Waals surface area contributed by atoms with Crippen LogP contribution in [0.2, 0.25) is 5.02 Å². The van der Waals surface area contributed by atoms with Gasteiger partial charge in [0.15, 0.2) is 0 Å². The quantitative estimate of drug-likeness (QED) is 0.769. The molecule has 0 spiro atoms. The predicted molar refractivity (Wildman–Crippen MR) is 110 cm³/mol. The Hall–Kier alpha value is -2.32. The zero-order chi connectivity index (χ0) is 21.4. The number of ether oxygens (including phenoxy) is 1. The van der Waals surface area contributed by atoms with E-state index in [1.165, 1.54) is 12.1 Å². The van der Waals surface area contributed by atoms with E-state index in [0.29, 0.717) is 12.2 Å². The maximum absolute atomic E-state index is 13.5. The highest BCUT2D eigenvalue weighted by atomic mass is 35.5. The number of amides is 1. The largest absolute Gasteiger partial charge is 0.487 e. The zero-order valence-electron chi connectivity index (χ0n) is 16.3. The smallest absolute Gasteiger partial charge is 0.241 e. The zero-order valence-corrected chi connectivity index (χ0v) is 17.8. The molecule has 2 aromatic carbocycles. The molecule has 156 valence electrons. The fourth-order valence-electron chi connectivity index (χ4n) is 3.34. The lowest BCUT2D eigenvalue weighted by atomic mass is 9.89. The van der Waals surface area contributed by atoms with Gasteiger partial charge in [-0.2, -0.15) is 0 Å². The molecule has 1 heterocycles. The number of hydrogen-bond donors (Lipinski definition) is 1. The number of nitrogens with one attached hydrogen (secondary N) is 1. The highest BCUT2D eigenvalue weighted by Crippen LogP contribution is 2.39. The third kappa shape index (κ3) is 5.00.